The number of nitrogens with one attached hydrogen (secondary N) is 6. The minimum Gasteiger partial charge on any atom is -0.508 e. The SMILES string of the molecule is COC(=O)CCC(NC(=O)C(Cc1c(C(F)(F)F)n(C)c2ccccc12)NCCNC(=O)c1ccc(-c2c3ccc(=O)cc-3oc3cc(O)ccc23)c(C(=O)O)c1)C(=O)NC(Cc1cnc[nH]1)C(=O)NC(CC(=O)OC)C(=O)COc1ccccc1. The number of phenolic OH excluding ortho intramolecular Hbond substituents is 1. The van der Waals surface area contributed by atoms with Crippen LogP contribution in [-0.4, -0.2) is 130 Å². The van der Waals surface area contributed by atoms with Gasteiger partial charge < -0.3 is 65.0 Å². The summed E-state index contributed by atoms with van der Waals surface area (Å²) in [5.41, 5.74) is -0.879. The Balaban J connectivity index is 1.05. The molecule has 0 saturated carbocycles. The summed E-state index contributed by atoms with van der Waals surface area (Å²) in [7, 11) is 3.35. The first-order valence-corrected chi connectivity index (χ1v) is 26.6. The molecule has 4 aromatic carbocycles. The second-order valence-electron chi connectivity index (χ2n) is 19.7. The number of aromatic hydroxyl groups is 1. The van der Waals surface area contributed by atoms with Crippen molar-refractivity contribution >= 4 is 69.2 Å². The van der Waals surface area contributed by atoms with Crippen LogP contribution in [0.5, 0.6) is 11.5 Å². The van der Waals surface area contributed by atoms with Crippen LogP contribution < -0.4 is 36.7 Å². The number of aromatic amines is 1. The maximum Gasteiger partial charge on any atom is 0.431 e. The molecule has 1 aliphatic heterocycles. The second-order valence-corrected chi connectivity index (χ2v) is 19.7. The predicted molar refractivity (Wildman–Crippen MR) is 302 cm³/mol. The molecule has 4 unspecified atom stereocenters. The Labute approximate surface area is 486 Å². The molecule has 0 radical (unpaired) electrons. The fourth-order valence-electron chi connectivity index (χ4n) is 9.80. The van der Waals surface area contributed by atoms with Gasteiger partial charge in [0, 0.05) is 90.0 Å². The van der Waals surface area contributed by atoms with Gasteiger partial charge in [0.25, 0.3) is 5.91 Å². The number of hydrogen-bond donors (Lipinski definition) is 8. The molecule has 8 N–H and O–H groups in total. The Morgan fingerprint density at radius 1 is 0.744 bits per heavy atom. The molecule has 6 aromatic rings. The van der Waals surface area contributed by atoms with E-state index in [1.807, 2.05) is 0 Å². The third-order valence-electron chi connectivity index (χ3n) is 14.0. The van der Waals surface area contributed by atoms with Crippen molar-refractivity contribution in [2.75, 3.05) is 33.9 Å². The first kappa shape index (κ1) is 61.7. The molecule has 8 rings (SSSR count). The van der Waals surface area contributed by atoms with Gasteiger partial charge in [0.1, 0.15) is 53.3 Å². The Bertz CT molecular complexity index is 3870. The van der Waals surface area contributed by atoms with Crippen LogP contribution in [0.2, 0.25) is 0 Å². The van der Waals surface area contributed by atoms with E-state index >= 15 is 13.2 Å². The van der Waals surface area contributed by atoms with Gasteiger partial charge in [0.2, 0.25) is 17.7 Å². The number of H-pyrrole nitrogens is 1. The number of carbonyl (C=O) groups is 8. The molecule has 4 atom stereocenters. The molecular formula is C60H57F3N8O15. The number of alkyl halides is 3. The molecule has 1 aliphatic carbocycles. The van der Waals surface area contributed by atoms with Crippen LogP contribution in [-0.2, 0) is 64.3 Å². The van der Waals surface area contributed by atoms with Crippen LogP contribution in [0.25, 0.3) is 44.3 Å². The number of nitrogens with zero attached hydrogens (tertiary/aromatic N) is 2. The van der Waals surface area contributed by atoms with Gasteiger partial charge in [-0.25, -0.2) is 9.78 Å². The van der Waals surface area contributed by atoms with Crippen LogP contribution >= 0.6 is 0 Å². The van der Waals surface area contributed by atoms with Gasteiger partial charge in [-0.2, -0.15) is 13.2 Å². The third kappa shape index (κ3) is 14.9. The summed E-state index contributed by atoms with van der Waals surface area (Å²) in [6.07, 6.45) is -4.95. The summed E-state index contributed by atoms with van der Waals surface area (Å²) >= 11 is 0. The lowest BCUT2D eigenvalue weighted by atomic mass is 9.90. The largest absolute Gasteiger partial charge is 0.508 e. The fourth-order valence-corrected chi connectivity index (χ4v) is 9.80. The molecule has 4 amide bonds. The number of ether oxygens (including phenoxy) is 3. The van der Waals surface area contributed by atoms with E-state index in [9.17, 15) is 53.4 Å². The van der Waals surface area contributed by atoms with Crippen LogP contribution in [0.1, 0.15) is 56.9 Å². The molecule has 86 heavy (non-hydrogen) atoms. The average Bonchev–Trinajstić information content (AvgIpc) is 1.33. The van der Waals surface area contributed by atoms with Crippen LogP contribution in [0.3, 0.4) is 0 Å². The normalized spacial score (nSPS) is 12.8. The van der Waals surface area contributed by atoms with Crippen molar-refractivity contribution in [2.45, 2.75) is 62.4 Å². The number of para-hydroxylation sites is 2. The minimum atomic E-state index is -4.95. The van der Waals surface area contributed by atoms with E-state index in [0.29, 0.717) is 28.0 Å². The Hall–Kier alpha value is -10.4. The smallest absolute Gasteiger partial charge is 0.431 e. The zero-order valence-electron chi connectivity index (χ0n) is 46.2. The Kier molecular flexibility index (Phi) is 19.6. The van der Waals surface area contributed by atoms with Crippen molar-refractivity contribution < 1.29 is 80.4 Å². The highest BCUT2D eigenvalue weighted by molar-refractivity contribution is 6.09. The van der Waals surface area contributed by atoms with E-state index in [1.165, 1.54) is 92.4 Å². The predicted octanol–water partition coefficient (Wildman–Crippen LogP) is 4.99. The lowest BCUT2D eigenvalue weighted by molar-refractivity contribution is -0.144. The molecule has 0 fully saturated rings. The van der Waals surface area contributed by atoms with Crippen molar-refractivity contribution in [3.63, 3.8) is 0 Å². The molecule has 2 aromatic heterocycles. The maximum atomic E-state index is 15.0. The number of aromatic carboxylic acids is 1. The summed E-state index contributed by atoms with van der Waals surface area (Å²) in [6.45, 7) is -1.24. The fraction of sp³-hybridized carbons (Fsp3) is 0.267. The number of carbonyl (C=O) groups excluding carboxylic acids is 7. The van der Waals surface area contributed by atoms with Gasteiger partial charge in [0.15, 0.2) is 11.2 Å². The van der Waals surface area contributed by atoms with E-state index in [2.05, 4.69) is 36.6 Å². The number of methoxy groups -OCH3 is 2. The summed E-state index contributed by atoms with van der Waals surface area (Å²) in [4.78, 5) is 128. The summed E-state index contributed by atoms with van der Waals surface area (Å²) in [5.74, 6) is -7.62. The van der Waals surface area contributed by atoms with Crippen molar-refractivity contribution in [3.8, 4) is 33.9 Å². The number of amides is 4. The van der Waals surface area contributed by atoms with Crippen molar-refractivity contribution in [1.29, 1.82) is 0 Å². The molecular weight excluding hydrogens is 1130 g/mol. The number of carboxylic acids is 1. The van der Waals surface area contributed by atoms with Gasteiger partial charge in [-0.05, 0) is 78.6 Å². The molecule has 2 aliphatic rings. The molecule has 0 spiro atoms. The molecule has 448 valence electrons. The zero-order chi connectivity index (χ0) is 61.8. The van der Waals surface area contributed by atoms with E-state index in [-0.39, 0.29) is 69.8 Å². The van der Waals surface area contributed by atoms with Crippen LogP contribution in [0.15, 0.2) is 131 Å². The lowest BCUT2D eigenvalue weighted by Crippen LogP contribution is -2.58. The summed E-state index contributed by atoms with van der Waals surface area (Å²) in [5, 5.41) is 34.3. The Morgan fingerprint density at radius 2 is 1.43 bits per heavy atom. The first-order chi connectivity index (χ1) is 41.1. The minimum absolute atomic E-state index is 0.0954. The molecule has 0 saturated heterocycles. The Morgan fingerprint density at radius 3 is 2.14 bits per heavy atom. The van der Waals surface area contributed by atoms with Gasteiger partial charge in [0.05, 0.1) is 38.6 Å². The number of esters is 2. The van der Waals surface area contributed by atoms with Crippen LogP contribution in [0, 0.1) is 0 Å². The highest BCUT2D eigenvalue weighted by Gasteiger charge is 2.40. The number of ketones is 1. The van der Waals surface area contributed by atoms with Crippen molar-refractivity contribution in [2.24, 2.45) is 7.05 Å². The molecule has 3 heterocycles. The number of phenols is 1. The number of benzene rings is 5. The van der Waals surface area contributed by atoms with E-state index in [1.54, 1.807) is 30.3 Å². The quantitative estimate of drug-likeness (QED) is 0.0201. The number of fused-ring (bicyclic) bond motifs is 3. The number of carboxylic acid groups (broad SMARTS) is 1. The number of Topliss-reactive ketones (excluding diaryl/α,β-unsaturated/α-hetero) is 1. The van der Waals surface area contributed by atoms with E-state index in [4.69, 9.17) is 18.6 Å². The van der Waals surface area contributed by atoms with E-state index in [0.717, 1.165) is 24.9 Å². The van der Waals surface area contributed by atoms with Crippen molar-refractivity contribution in [1.82, 2.24) is 41.1 Å². The first-order valence-electron chi connectivity index (χ1n) is 26.6. The van der Waals surface area contributed by atoms with Gasteiger partial charge in [-0.15, -0.1) is 0 Å². The van der Waals surface area contributed by atoms with Crippen LogP contribution in [0.4, 0.5) is 13.2 Å². The van der Waals surface area contributed by atoms with Gasteiger partial charge in [-0.1, -0.05) is 42.5 Å². The maximum absolute atomic E-state index is 15.0. The molecule has 26 heteroatoms. The number of halogens is 3. The topological polar surface area (TPSA) is 329 Å². The number of imidazole rings is 1. The standard InChI is InChI=1S/C60H57F3N8O15/c1-71-47-12-8-7-11-37(47)41(54(71)60(61,62)63)27-45(65-21-22-66-55(77)32-13-16-38(42(23-32)59(81)82)53-39-17-14-34(72)25-49(39)86-50-26-35(73)15-18-40(50)53)57(79)68-43(19-20-51(75)83-2)56(78)70-46(24-33-29-64-31-67-33)58(80)69-44(28-52(76)84-3)48(74)30-85-36-9-5-4-6-10-36/h4-18,23,25-26,29,31,43-46,65,72H,19-22,24,27-28,30H2,1-3H3,(H,64,67)(H,66,77)(H,68,79)(H,69,80)(H,70,78)(H,81,82). The highest BCUT2D eigenvalue weighted by Crippen LogP contribution is 2.42. The second kappa shape index (κ2) is 27.3. The van der Waals surface area contributed by atoms with Gasteiger partial charge in [-0.3, -0.25) is 38.4 Å². The summed E-state index contributed by atoms with van der Waals surface area (Å²) < 4.78 is 67.1. The summed E-state index contributed by atoms with van der Waals surface area (Å²) in [6, 6.07) is 19.6. The highest BCUT2D eigenvalue weighted by atomic mass is 19.4. The number of rotatable bonds is 26. The number of hydrogen-bond acceptors (Lipinski definition) is 16. The molecule has 0 bridgehead atoms. The number of aromatic nitrogens is 3. The van der Waals surface area contributed by atoms with Crippen molar-refractivity contribution in [3.05, 3.63) is 160 Å². The molecule has 23 nitrogen and oxygen atoms in total. The van der Waals surface area contributed by atoms with Gasteiger partial charge >= 0.3 is 24.1 Å². The van der Waals surface area contributed by atoms with E-state index < -0.39 is 121 Å². The average molecular weight is 1190 g/mol. The lowest BCUT2D eigenvalue weighted by Gasteiger charge is -2.26. The zero-order valence-corrected chi connectivity index (χ0v) is 46.2. The monoisotopic (exact) mass is 1190 g/mol. The third-order valence-corrected chi connectivity index (χ3v) is 14.0. The number of aryl methyl sites for hydroxylation is 1.